The van der Waals surface area contributed by atoms with E-state index in [2.05, 4.69) is 39.8 Å². The molecule has 0 saturated carbocycles. The highest BCUT2D eigenvalue weighted by molar-refractivity contribution is 6.03. The molecule has 1 spiro atoms. The highest BCUT2D eigenvalue weighted by atomic mass is 16.5. The average Bonchev–Trinajstić information content (AvgIpc) is 2.76. The maximum atomic E-state index is 12.6. The minimum absolute atomic E-state index is 0.135. The van der Waals surface area contributed by atoms with E-state index in [-0.39, 0.29) is 11.8 Å². The average molecular weight is 421 g/mol. The number of benzene rings is 2. The van der Waals surface area contributed by atoms with Gasteiger partial charge in [-0.1, -0.05) is 24.3 Å². The Hall–Kier alpha value is -2.90. The van der Waals surface area contributed by atoms with Crippen LogP contribution >= 0.6 is 0 Å². The summed E-state index contributed by atoms with van der Waals surface area (Å²) < 4.78 is 5.97. The van der Waals surface area contributed by atoms with Crippen LogP contribution in [0.2, 0.25) is 0 Å². The van der Waals surface area contributed by atoms with Gasteiger partial charge in [-0.05, 0) is 49.2 Å². The quantitative estimate of drug-likeness (QED) is 0.723. The fourth-order valence-corrected chi connectivity index (χ4v) is 4.74. The molecule has 2 aromatic rings. The Morgan fingerprint density at radius 1 is 1.19 bits per heavy atom. The van der Waals surface area contributed by atoms with E-state index >= 15 is 0 Å². The molecule has 2 amide bonds. The molecule has 1 saturated heterocycles. The summed E-state index contributed by atoms with van der Waals surface area (Å²) in [5, 5.41) is 5.90. The molecule has 162 valence electrons. The zero-order valence-corrected chi connectivity index (χ0v) is 17.8. The number of hydrogen-bond acceptors (Lipinski definition) is 5. The summed E-state index contributed by atoms with van der Waals surface area (Å²) in [6, 6.07) is 13.8. The Labute approximate surface area is 182 Å². The smallest absolute Gasteiger partial charge is 0.271 e. The van der Waals surface area contributed by atoms with Gasteiger partial charge in [-0.2, -0.15) is 0 Å². The number of hydrogen-bond donors (Lipinski definition) is 2. The molecule has 0 atom stereocenters. The first-order chi connectivity index (χ1) is 15.0. The molecule has 0 radical (unpaired) electrons. The lowest BCUT2D eigenvalue weighted by molar-refractivity contribution is -0.147. The van der Waals surface area contributed by atoms with Gasteiger partial charge in [-0.15, -0.1) is 0 Å². The van der Waals surface area contributed by atoms with Gasteiger partial charge in [0.25, 0.3) is 11.8 Å². The van der Waals surface area contributed by atoms with E-state index in [1.54, 1.807) is 18.2 Å². The van der Waals surface area contributed by atoms with Gasteiger partial charge in [-0.25, -0.2) is 0 Å². The van der Waals surface area contributed by atoms with Crippen molar-refractivity contribution in [3.05, 3.63) is 59.2 Å². The summed E-state index contributed by atoms with van der Waals surface area (Å²) in [6.07, 6.45) is 1.98. The molecule has 7 heteroatoms. The van der Waals surface area contributed by atoms with Crippen LogP contribution in [0.1, 0.15) is 27.9 Å². The number of carbonyl (C=O) groups is 2. The van der Waals surface area contributed by atoms with Crippen LogP contribution in [0.3, 0.4) is 0 Å². The van der Waals surface area contributed by atoms with Crippen LogP contribution in [0.5, 0.6) is 5.75 Å². The number of carbonyl (C=O) groups excluding carboxylic acids is 2. The number of nitrogens with one attached hydrogen (secondary N) is 2. The standard InChI is InChI=1S/C24H28N4O3/c1-27-15-24(16-27)23(30)26-20-13-18(7-8-21(20)31-24)22(29)25-10-4-11-28-12-9-17-5-2-3-6-19(17)14-28/h2-3,5-8,13H,4,9-12,14-16H2,1H3,(H,25,29)(H,26,30). The molecule has 0 aliphatic carbocycles. The SMILES string of the molecule is CN1CC2(C1)Oc1ccc(C(=O)NCCCN3CCc4ccccc4C3)cc1NC2=O. The van der Waals surface area contributed by atoms with Crippen molar-refractivity contribution < 1.29 is 14.3 Å². The number of nitrogens with zero attached hydrogens (tertiary/aromatic N) is 2. The zero-order valence-electron chi connectivity index (χ0n) is 17.8. The Bertz CT molecular complexity index is 1020. The van der Waals surface area contributed by atoms with Gasteiger partial charge in [-0.3, -0.25) is 19.4 Å². The van der Waals surface area contributed by atoms with Crippen molar-refractivity contribution in [2.75, 3.05) is 45.1 Å². The third kappa shape index (κ3) is 3.91. The molecule has 31 heavy (non-hydrogen) atoms. The predicted octanol–water partition coefficient (Wildman–Crippen LogP) is 1.88. The number of amides is 2. The molecule has 0 unspecified atom stereocenters. The lowest BCUT2D eigenvalue weighted by Crippen LogP contribution is -2.70. The fourth-order valence-electron chi connectivity index (χ4n) is 4.74. The van der Waals surface area contributed by atoms with E-state index in [4.69, 9.17) is 4.74 Å². The Morgan fingerprint density at radius 3 is 2.81 bits per heavy atom. The molecular weight excluding hydrogens is 392 g/mol. The first kappa shape index (κ1) is 20.0. The molecule has 2 aromatic carbocycles. The minimum atomic E-state index is -0.791. The van der Waals surface area contributed by atoms with Crippen LogP contribution in [-0.4, -0.2) is 67.0 Å². The normalized spacial score (nSPS) is 19.6. The van der Waals surface area contributed by atoms with E-state index in [0.717, 1.165) is 32.5 Å². The van der Waals surface area contributed by atoms with Crippen LogP contribution < -0.4 is 15.4 Å². The molecule has 5 rings (SSSR count). The predicted molar refractivity (Wildman–Crippen MR) is 118 cm³/mol. The van der Waals surface area contributed by atoms with Gasteiger partial charge >= 0.3 is 0 Å². The van der Waals surface area contributed by atoms with Gasteiger partial charge in [0.15, 0.2) is 0 Å². The van der Waals surface area contributed by atoms with E-state index < -0.39 is 5.60 Å². The van der Waals surface area contributed by atoms with Crippen LogP contribution in [0.4, 0.5) is 5.69 Å². The summed E-state index contributed by atoms with van der Waals surface area (Å²) in [5.41, 5.74) is 3.15. The number of anilines is 1. The second kappa shape index (κ2) is 7.98. The molecule has 1 fully saturated rings. The molecule has 2 N–H and O–H groups in total. The molecule has 0 bridgehead atoms. The molecule has 7 nitrogen and oxygen atoms in total. The first-order valence-electron chi connectivity index (χ1n) is 10.9. The summed E-state index contributed by atoms with van der Waals surface area (Å²) in [7, 11) is 1.95. The second-order valence-electron chi connectivity index (χ2n) is 8.84. The number of likely N-dealkylation sites (tertiary alicyclic amines) is 1. The maximum Gasteiger partial charge on any atom is 0.271 e. The number of ether oxygens (including phenoxy) is 1. The lowest BCUT2D eigenvalue weighted by Gasteiger charge is -2.48. The van der Waals surface area contributed by atoms with Crippen LogP contribution in [0.15, 0.2) is 42.5 Å². The highest BCUT2D eigenvalue weighted by Crippen LogP contribution is 2.38. The van der Waals surface area contributed by atoms with Gasteiger partial charge in [0.05, 0.1) is 5.69 Å². The maximum absolute atomic E-state index is 12.6. The minimum Gasteiger partial charge on any atom is -0.472 e. The third-order valence-corrected chi connectivity index (χ3v) is 6.41. The highest BCUT2D eigenvalue weighted by Gasteiger charge is 2.52. The monoisotopic (exact) mass is 420 g/mol. The molecular formula is C24H28N4O3. The summed E-state index contributed by atoms with van der Waals surface area (Å²) in [6.45, 7) is 4.76. The van der Waals surface area contributed by atoms with Crippen LogP contribution in [0.25, 0.3) is 0 Å². The van der Waals surface area contributed by atoms with Crippen molar-refractivity contribution in [1.29, 1.82) is 0 Å². The van der Waals surface area contributed by atoms with Gasteiger partial charge in [0, 0.05) is 44.8 Å². The Balaban J connectivity index is 1.12. The van der Waals surface area contributed by atoms with Gasteiger partial charge in [0.1, 0.15) is 5.75 Å². The van der Waals surface area contributed by atoms with Crippen molar-refractivity contribution in [1.82, 2.24) is 15.1 Å². The molecule has 3 heterocycles. The second-order valence-corrected chi connectivity index (χ2v) is 8.84. The van der Waals surface area contributed by atoms with Crippen molar-refractivity contribution in [3.63, 3.8) is 0 Å². The Morgan fingerprint density at radius 2 is 2.00 bits per heavy atom. The van der Waals surface area contributed by atoms with E-state index in [1.807, 2.05) is 11.9 Å². The molecule has 3 aliphatic heterocycles. The fraction of sp³-hybridized carbons (Fsp3) is 0.417. The largest absolute Gasteiger partial charge is 0.472 e. The molecule has 0 aromatic heterocycles. The number of likely N-dealkylation sites (N-methyl/N-ethyl adjacent to an activating group) is 1. The Kier molecular flexibility index (Phi) is 5.16. The van der Waals surface area contributed by atoms with E-state index in [0.29, 0.717) is 36.6 Å². The van der Waals surface area contributed by atoms with Crippen molar-refractivity contribution in [2.45, 2.75) is 25.0 Å². The summed E-state index contributed by atoms with van der Waals surface area (Å²) >= 11 is 0. The third-order valence-electron chi connectivity index (χ3n) is 6.41. The van der Waals surface area contributed by atoms with Crippen molar-refractivity contribution >= 4 is 17.5 Å². The lowest BCUT2D eigenvalue weighted by atomic mass is 9.91. The summed E-state index contributed by atoms with van der Waals surface area (Å²) in [5.74, 6) is 0.345. The molecule has 3 aliphatic rings. The number of fused-ring (bicyclic) bond motifs is 2. The van der Waals surface area contributed by atoms with Crippen LogP contribution in [-0.2, 0) is 17.8 Å². The van der Waals surface area contributed by atoms with Crippen LogP contribution in [0, 0.1) is 0 Å². The summed E-state index contributed by atoms with van der Waals surface area (Å²) in [4.78, 5) is 29.5. The van der Waals surface area contributed by atoms with Crippen molar-refractivity contribution in [3.8, 4) is 5.75 Å². The number of rotatable bonds is 5. The first-order valence-corrected chi connectivity index (χ1v) is 10.9. The zero-order chi connectivity index (χ0) is 21.4. The topological polar surface area (TPSA) is 73.9 Å². The van der Waals surface area contributed by atoms with E-state index in [9.17, 15) is 9.59 Å². The van der Waals surface area contributed by atoms with Crippen molar-refractivity contribution in [2.24, 2.45) is 0 Å². The van der Waals surface area contributed by atoms with Gasteiger partial charge < -0.3 is 15.4 Å². The van der Waals surface area contributed by atoms with E-state index in [1.165, 1.54) is 11.1 Å². The van der Waals surface area contributed by atoms with Gasteiger partial charge in [0.2, 0.25) is 5.60 Å².